The smallest absolute Gasteiger partial charge is 0.142 e. The Morgan fingerprint density at radius 2 is 1.05 bits per heavy atom. The highest BCUT2D eigenvalue weighted by Gasteiger charge is 1.79. The van der Waals surface area contributed by atoms with Crippen molar-refractivity contribution in [2.45, 2.75) is 58.8 Å². The summed E-state index contributed by atoms with van der Waals surface area (Å²) in [5.74, 6) is 0. The van der Waals surface area contributed by atoms with E-state index in [1.165, 1.54) is 44.3 Å². The first-order valence-electron chi connectivity index (χ1n) is 7.87. The second-order valence-electron chi connectivity index (χ2n) is 4.54. The monoisotopic (exact) mass is 290 g/mol. The Morgan fingerprint density at radius 3 is 1.48 bits per heavy atom. The highest BCUT2D eigenvalue weighted by atomic mass is 16.1. The molecule has 0 aliphatic carbocycles. The van der Waals surface area contributed by atoms with E-state index in [4.69, 9.17) is 0 Å². The van der Waals surface area contributed by atoms with Crippen LogP contribution in [0.2, 0.25) is 0 Å². The number of hydrogen-bond acceptors (Lipinski definition) is 2. The molecule has 0 amide bonds. The standard InChI is InChI=1S/C10H16O.C9H14O/c1-2-3-4-5-6-7-8-9-10-11;1-2-3-4-5-6-7-8-9-10/h6-10H,2-5H2,1H3;5-9H,2-4H2,1H3. The molecule has 0 heterocycles. The van der Waals surface area contributed by atoms with Crippen LogP contribution in [-0.4, -0.2) is 12.6 Å². The maximum Gasteiger partial charge on any atom is 0.142 e. The van der Waals surface area contributed by atoms with E-state index in [1.807, 2.05) is 12.2 Å². The van der Waals surface area contributed by atoms with Crippen LogP contribution in [0.4, 0.5) is 0 Å². The summed E-state index contributed by atoms with van der Waals surface area (Å²) in [6, 6.07) is 0. The molecule has 0 radical (unpaired) electrons. The summed E-state index contributed by atoms with van der Waals surface area (Å²) in [6.07, 6.45) is 24.6. The molecule has 2 nitrogen and oxygen atoms in total. The van der Waals surface area contributed by atoms with E-state index in [2.05, 4.69) is 26.0 Å². The third-order valence-corrected chi connectivity index (χ3v) is 2.57. The Labute approximate surface area is 130 Å². The van der Waals surface area contributed by atoms with Gasteiger partial charge in [-0.05, 0) is 31.4 Å². The molecule has 0 aliphatic heterocycles. The van der Waals surface area contributed by atoms with Gasteiger partial charge in [0.1, 0.15) is 12.6 Å². The van der Waals surface area contributed by atoms with Gasteiger partial charge < -0.3 is 0 Å². The van der Waals surface area contributed by atoms with Gasteiger partial charge in [0.05, 0.1) is 0 Å². The lowest BCUT2D eigenvalue weighted by atomic mass is 10.2. The quantitative estimate of drug-likeness (QED) is 0.222. The molecular formula is C19H30O2. The minimum atomic E-state index is 0.782. The first-order chi connectivity index (χ1) is 10.3. The first kappa shape index (κ1) is 21.6. The highest BCUT2D eigenvalue weighted by molar-refractivity contribution is 5.65. The Kier molecular flexibility index (Phi) is 24.1. The van der Waals surface area contributed by atoms with E-state index in [1.54, 1.807) is 12.2 Å². The summed E-state index contributed by atoms with van der Waals surface area (Å²) < 4.78 is 0. The van der Waals surface area contributed by atoms with Gasteiger partial charge in [0.2, 0.25) is 0 Å². The van der Waals surface area contributed by atoms with Crippen LogP contribution >= 0.6 is 0 Å². The van der Waals surface area contributed by atoms with Crippen LogP contribution in [0.15, 0.2) is 48.6 Å². The average Bonchev–Trinajstić information content (AvgIpc) is 2.51. The van der Waals surface area contributed by atoms with Gasteiger partial charge in [-0.1, -0.05) is 76.0 Å². The van der Waals surface area contributed by atoms with Gasteiger partial charge in [-0.2, -0.15) is 0 Å². The lowest BCUT2D eigenvalue weighted by Crippen LogP contribution is -1.69. The minimum absolute atomic E-state index is 0.782. The number of aldehydes is 2. The number of rotatable bonds is 11. The van der Waals surface area contributed by atoms with E-state index >= 15 is 0 Å². The molecule has 0 aromatic heterocycles. The molecule has 21 heavy (non-hydrogen) atoms. The van der Waals surface area contributed by atoms with Gasteiger partial charge in [-0.15, -0.1) is 0 Å². The van der Waals surface area contributed by atoms with Crippen molar-refractivity contribution in [1.82, 2.24) is 0 Å². The molecule has 0 atom stereocenters. The van der Waals surface area contributed by atoms with Crippen molar-refractivity contribution in [1.29, 1.82) is 0 Å². The van der Waals surface area contributed by atoms with Crippen molar-refractivity contribution in [3.63, 3.8) is 0 Å². The molecular weight excluding hydrogens is 260 g/mol. The minimum Gasteiger partial charge on any atom is -0.299 e. The molecule has 118 valence electrons. The Morgan fingerprint density at radius 1 is 0.571 bits per heavy atom. The average molecular weight is 290 g/mol. The molecule has 0 aromatic rings. The molecule has 0 spiro atoms. The fourth-order valence-electron chi connectivity index (χ4n) is 1.40. The second kappa shape index (κ2) is 23.4. The van der Waals surface area contributed by atoms with Gasteiger partial charge in [-0.3, -0.25) is 9.59 Å². The molecule has 0 saturated carbocycles. The summed E-state index contributed by atoms with van der Waals surface area (Å²) in [6.45, 7) is 4.35. The van der Waals surface area contributed by atoms with Crippen LogP contribution in [0.1, 0.15) is 58.8 Å². The van der Waals surface area contributed by atoms with Crippen LogP contribution in [0, 0.1) is 0 Å². The number of carbonyl (C=O) groups excluding carboxylic acids is 2. The Hall–Kier alpha value is -1.70. The third kappa shape index (κ3) is 27.5. The van der Waals surface area contributed by atoms with Crippen molar-refractivity contribution < 1.29 is 9.59 Å². The van der Waals surface area contributed by atoms with E-state index in [0.29, 0.717) is 0 Å². The molecule has 0 rings (SSSR count). The van der Waals surface area contributed by atoms with Crippen LogP contribution in [0.5, 0.6) is 0 Å². The van der Waals surface area contributed by atoms with Crippen molar-refractivity contribution >= 4 is 12.6 Å². The normalized spacial score (nSPS) is 11.3. The topological polar surface area (TPSA) is 34.1 Å². The van der Waals surface area contributed by atoms with Gasteiger partial charge in [0.15, 0.2) is 0 Å². The summed E-state index contributed by atoms with van der Waals surface area (Å²) in [4.78, 5) is 19.6. The fraction of sp³-hybridized carbons (Fsp3) is 0.474. The zero-order valence-corrected chi connectivity index (χ0v) is 13.5. The molecule has 0 aromatic carbocycles. The summed E-state index contributed by atoms with van der Waals surface area (Å²) in [5.41, 5.74) is 0. The van der Waals surface area contributed by atoms with Crippen molar-refractivity contribution in [2.75, 3.05) is 0 Å². The van der Waals surface area contributed by atoms with Crippen LogP contribution in [0.3, 0.4) is 0 Å². The summed E-state index contributed by atoms with van der Waals surface area (Å²) >= 11 is 0. The lowest BCUT2D eigenvalue weighted by Gasteiger charge is -1.89. The molecule has 0 aliphatic rings. The van der Waals surface area contributed by atoms with E-state index in [-0.39, 0.29) is 0 Å². The molecule has 0 fully saturated rings. The van der Waals surface area contributed by atoms with Gasteiger partial charge in [0, 0.05) is 0 Å². The second-order valence-corrected chi connectivity index (χ2v) is 4.54. The lowest BCUT2D eigenvalue weighted by molar-refractivity contribution is -0.104. The Bertz CT molecular complexity index is 322. The highest BCUT2D eigenvalue weighted by Crippen LogP contribution is 1.99. The van der Waals surface area contributed by atoms with Gasteiger partial charge in [0.25, 0.3) is 0 Å². The van der Waals surface area contributed by atoms with Gasteiger partial charge in [-0.25, -0.2) is 0 Å². The predicted molar refractivity (Wildman–Crippen MR) is 92.4 cm³/mol. The maximum atomic E-state index is 9.82. The third-order valence-electron chi connectivity index (χ3n) is 2.57. The molecule has 0 bridgehead atoms. The van der Waals surface area contributed by atoms with Crippen LogP contribution in [0.25, 0.3) is 0 Å². The SMILES string of the molecule is CCCCC=CC=CC=O.CCCCCC=CC=CC=O. The number of carbonyl (C=O) groups is 2. The van der Waals surface area contributed by atoms with Crippen molar-refractivity contribution in [2.24, 2.45) is 0 Å². The van der Waals surface area contributed by atoms with Gasteiger partial charge >= 0.3 is 0 Å². The zero-order chi connectivity index (χ0) is 16.0. The summed E-state index contributed by atoms with van der Waals surface area (Å²) in [7, 11) is 0. The number of unbranched alkanes of at least 4 members (excludes halogenated alkanes) is 5. The largest absolute Gasteiger partial charge is 0.299 e. The predicted octanol–water partition coefficient (Wildman–Crippen LogP) is 5.37. The van der Waals surface area contributed by atoms with Crippen molar-refractivity contribution in [3.05, 3.63) is 48.6 Å². The number of hydrogen-bond donors (Lipinski definition) is 0. The summed E-state index contributed by atoms with van der Waals surface area (Å²) in [5, 5.41) is 0. The Balaban J connectivity index is 0. The molecule has 0 unspecified atom stereocenters. The first-order valence-corrected chi connectivity index (χ1v) is 7.87. The number of allylic oxidation sites excluding steroid dienone is 8. The van der Waals surface area contributed by atoms with E-state index in [0.717, 1.165) is 25.4 Å². The fourth-order valence-corrected chi connectivity index (χ4v) is 1.40. The molecule has 0 saturated heterocycles. The van der Waals surface area contributed by atoms with E-state index < -0.39 is 0 Å². The molecule has 0 N–H and O–H groups in total. The van der Waals surface area contributed by atoms with Crippen molar-refractivity contribution in [3.8, 4) is 0 Å². The zero-order valence-electron chi connectivity index (χ0n) is 13.5. The van der Waals surface area contributed by atoms with Crippen LogP contribution in [-0.2, 0) is 9.59 Å². The van der Waals surface area contributed by atoms with E-state index in [9.17, 15) is 9.59 Å². The maximum absolute atomic E-state index is 9.82. The van der Waals surface area contributed by atoms with Crippen LogP contribution < -0.4 is 0 Å². The molecule has 2 heteroatoms.